The van der Waals surface area contributed by atoms with Crippen molar-refractivity contribution in [3.63, 3.8) is 0 Å². The predicted molar refractivity (Wildman–Crippen MR) is 124 cm³/mol. The number of ether oxygens (including phenoxy) is 1. The highest BCUT2D eigenvalue weighted by atomic mass is 35.5. The first-order valence-corrected chi connectivity index (χ1v) is 11.3. The molecule has 0 aliphatic carbocycles. The summed E-state index contributed by atoms with van der Waals surface area (Å²) >= 11 is 5.54. The van der Waals surface area contributed by atoms with E-state index in [1.54, 1.807) is 24.4 Å². The molecule has 0 fully saturated rings. The molecule has 4 nitrogen and oxygen atoms in total. The van der Waals surface area contributed by atoms with Crippen molar-refractivity contribution >= 4 is 32.5 Å². The molecule has 0 spiro atoms. The van der Waals surface area contributed by atoms with Crippen LogP contribution in [0.5, 0.6) is 5.75 Å². The van der Waals surface area contributed by atoms with Gasteiger partial charge in [0, 0.05) is 16.6 Å². The first-order valence-electron chi connectivity index (χ1n) is 9.33. The lowest BCUT2D eigenvalue weighted by Gasteiger charge is -2.09. The third-order valence-electron chi connectivity index (χ3n) is 4.26. The van der Waals surface area contributed by atoms with Gasteiger partial charge in [-0.3, -0.25) is 0 Å². The van der Waals surface area contributed by atoms with Gasteiger partial charge in [-0.15, -0.1) is 6.58 Å². The molecule has 6 heteroatoms. The number of halogens is 1. The molecule has 0 aliphatic rings. The van der Waals surface area contributed by atoms with E-state index in [4.69, 9.17) is 16.3 Å². The molecule has 0 amide bonds. The van der Waals surface area contributed by atoms with Gasteiger partial charge in [0.2, 0.25) is 10.0 Å². The molecular formula is C24H22ClNO3S. The molecule has 4 rings (SSSR count). The van der Waals surface area contributed by atoms with Crippen molar-refractivity contribution in [2.75, 3.05) is 5.75 Å². The zero-order valence-electron chi connectivity index (χ0n) is 16.3. The van der Waals surface area contributed by atoms with Crippen LogP contribution in [-0.4, -0.2) is 18.1 Å². The molecule has 30 heavy (non-hydrogen) atoms. The smallest absolute Gasteiger partial charge is 0.242 e. The first-order chi connectivity index (χ1) is 14.5. The van der Waals surface area contributed by atoms with Gasteiger partial charge in [0.15, 0.2) is 0 Å². The molecule has 0 unspecified atom stereocenters. The quantitative estimate of drug-likeness (QED) is 0.350. The Bertz CT molecular complexity index is 1200. The van der Waals surface area contributed by atoms with Crippen molar-refractivity contribution in [3.05, 3.63) is 114 Å². The predicted octanol–water partition coefficient (Wildman–Crippen LogP) is 5.92. The zero-order valence-corrected chi connectivity index (χ0v) is 17.9. The van der Waals surface area contributed by atoms with Crippen molar-refractivity contribution in [1.29, 1.82) is 0 Å². The number of aromatic nitrogens is 1. The number of nitrogens with zero attached hydrogens (tertiary/aromatic N) is 1. The summed E-state index contributed by atoms with van der Waals surface area (Å²) in [5, 5.41) is 1.57. The van der Waals surface area contributed by atoms with Gasteiger partial charge in [0.25, 0.3) is 0 Å². The van der Waals surface area contributed by atoms with E-state index in [1.165, 1.54) is 10.0 Å². The van der Waals surface area contributed by atoms with E-state index in [-0.39, 0.29) is 5.75 Å². The molecule has 0 bridgehead atoms. The van der Waals surface area contributed by atoms with Crippen LogP contribution >= 0.6 is 11.6 Å². The molecule has 0 atom stereocenters. The van der Waals surface area contributed by atoms with Crippen LogP contribution in [0, 0.1) is 0 Å². The summed E-state index contributed by atoms with van der Waals surface area (Å²) in [5.41, 5.74) is 1.67. The zero-order chi connectivity index (χ0) is 21.4. The van der Waals surface area contributed by atoms with Crippen LogP contribution < -0.4 is 4.74 Å². The van der Waals surface area contributed by atoms with E-state index in [0.717, 1.165) is 16.0 Å². The third-order valence-corrected chi connectivity index (χ3v) is 6.08. The van der Waals surface area contributed by atoms with Gasteiger partial charge in [-0.2, -0.15) is 0 Å². The summed E-state index contributed by atoms with van der Waals surface area (Å²) in [6.45, 7) is 3.93. The Kier molecular flexibility index (Phi) is 7.33. The second-order valence-corrected chi connectivity index (χ2v) is 8.76. The molecule has 1 heterocycles. The molecule has 0 N–H and O–H groups in total. The molecule has 0 saturated heterocycles. The fraction of sp³-hybridized carbons (Fsp3) is 0.0833. The monoisotopic (exact) mass is 439 g/mol. The largest absolute Gasteiger partial charge is 0.488 e. The van der Waals surface area contributed by atoms with Gasteiger partial charge in [-0.25, -0.2) is 12.4 Å². The SMILES string of the molecule is C=CCS(=O)(=O)n1ccc2c(OCc3ccccc3)cccc21.Clc1ccccc1. The van der Waals surface area contributed by atoms with E-state index in [1.807, 2.05) is 66.7 Å². The van der Waals surface area contributed by atoms with Crippen LogP contribution in [0.2, 0.25) is 5.02 Å². The van der Waals surface area contributed by atoms with Crippen molar-refractivity contribution in [3.8, 4) is 5.75 Å². The van der Waals surface area contributed by atoms with Crippen LogP contribution in [-0.2, 0) is 16.6 Å². The highest BCUT2D eigenvalue weighted by Gasteiger charge is 2.15. The maximum atomic E-state index is 12.2. The lowest BCUT2D eigenvalue weighted by Crippen LogP contribution is -2.13. The van der Waals surface area contributed by atoms with Crippen molar-refractivity contribution < 1.29 is 13.2 Å². The second-order valence-electron chi connectivity index (χ2n) is 6.44. The molecule has 0 aliphatic heterocycles. The highest BCUT2D eigenvalue weighted by molar-refractivity contribution is 7.90. The Morgan fingerprint density at radius 1 is 0.900 bits per heavy atom. The molecule has 4 aromatic rings. The maximum absolute atomic E-state index is 12.2. The van der Waals surface area contributed by atoms with Gasteiger partial charge in [0.1, 0.15) is 12.4 Å². The number of hydrogen-bond donors (Lipinski definition) is 0. The number of hydrogen-bond acceptors (Lipinski definition) is 3. The standard InChI is InChI=1S/C18H17NO3S.C6H5Cl/c1-2-13-23(20,21)19-12-11-16-17(19)9-6-10-18(16)22-14-15-7-4-3-5-8-15;7-6-4-2-1-3-5-6/h2-12H,1,13-14H2;1-5H. The van der Waals surface area contributed by atoms with Gasteiger partial charge in [-0.1, -0.05) is 72.3 Å². The fourth-order valence-corrected chi connectivity index (χ4v) is 4.17. The van der Waals surface area contributed by atoms with Crippen molar-refractivity contribution in [2.45, 2.75) is 6.61 Å². The normalized spacial score (nSPS) is 10.8. The minimum Gasteiger partial charge on any atom is -0.488 e. The van der Waals surface area contributed by atoms with Gasteiger partial charge >= 0.3 is 0 Å². The van der Waals surface area contributed by atoms with Crippen LogP contribution in [0.3, 0.4) is 0 Å². The molecule has 0 saturated carbocycles. The Hall–Kier alpha value is -3.02. The average Bonchev–Trinajstić information content (AvgIpc) is 3.20. The number of rotatable bonds is 6. The Morgan fingerprint density at radius 2 is 1.57 bits per heavy atom. The van der Waals surface area contributed by atoms with Gasteiger partial charge in [0.05, 0.1) is 11.3 Å². The minimum atomic E-state index is -3.43. The molecule has 0 radical (unpaired) electrons. The molecule has 3 aromatic carbocycles. The van der Waals surface area contributed by atoms with E-state index >= 15 is 0 Å². The Labute approximate surface area is 182 Å². The Balaban J connectivity index is 0.000000310. The summed E-state index contributed by atoms with van der Waals surface area (Å²) in [5.74, 6) is 0.560. The minimum absolute atomic E-state index is 0.105. The molecule has 154 valence electrons. The van der Waals surface area contributed by atoms with Crippen molar-refractivity contribution in [2.24, 2.45) is 0 Å². The highest BCUT2D eigenvalue weighted by Crippen LogP contribution is 2.28. The molecule has 1 aromatic heterocycles. The number of fused-ring (bicyclic) bond motifs is 1. The number of benzene rings is 3. The topological polar surface area (TPSA) is 48.3 Å². The summed E-state index contributed by atoms with van der Waals surface area (Å²) in [6, 6.07) is 26.4. The Morgan fingerprint density at radius 3 is 2.17 bits per heavy atom. The maximum Gasteiger partial charge on any atom is 0.242 e. The molecular weight excluding hydrogens is 418 g/mol. The third kappa shape index (κ3) is 5.53. The van der Waals surface area contributed by atoms with Crippen LogP contribution in [0.15, 0.2) is 104 Å². The van der Waals surface area contributed by atoms with E-state index in [2.05, 4.69) is 6.58 Å². The summed E-state index contributed by atoms with van der Waals surface area (Å²) < 4.78 is 31.6. The summed E-state index contributed by atoms with van der Waals surface area (Å²) in [6.07, 6.45) is 2.94. The summed E-state index contributed by atoms with van der Waals surface area (Å²) in [4.78, 5) is 0. The first kappa shape index (κ1) is 21.7. The van der Waals surface area contributed by atoms with Crippen LogP contribution in [0.4, 0.5) is 0 Å². The average molecular weight is 440 g/mol. The van der Waals surface area contributed by atoms with Crippen LogP contribution in [0.1, 0.15) is 5.56 Å². The summed E-state index contributed by atoms with van der Waals surface area (Å²) in [7, 11) is -3.43. The van der Waals surface area contributed by atoms with E-state index < -0.39 is 10.0 Å². The lowest BCUT2D eigenvalue weighted by atomic mass is 10.2. The fourth-order valence-electron chi connectivity index (χ4n) is 2.86. The van der Waals surface area contributed by atoms with E-state index in [0.29, 0.717) is 17.9 Å². The van der Waals surface area contributed by atoms with Gasteiger partial charge < -0.3 is 4.74 Å². The van der Waals surface area contributed by atoms with E-state index in [9.17, 15) is 8.42 Å². The lowest BCUT2D eigenvalue weighted by molar-refractivity contribution is 0.310. The van der Waals surface area contributed by atoms with Crippen molar-refractivity contribution in [1.82, 2.24) is 3.97 Å². The van der Waals surface area contributed by atoms with Gasteiger partial charge in [-0.05, 0) is 35.9 Å². The van der Waals surface area contributed by atoms with Crippen LogP contribution in [0.25, 0.3) is 10.9 Å². The second kappa shape index (κ2) is 10.1.